The zero-order chi connectivity index (χ0) is 21.1. The maximum atomic E-state index is 13.2. The maximum Gasteiger partial charge on any atom is 0.243 e. The minimum Gasteiger partial charge on any atom is -0.342 e. The number of likely N-dealkylation sites (tertiary alicyclic amines) is 1. The molecule has 2 fully saturated rings. The molecule has 2 saturated heterocycles. The van der Waals surface area contributed by atoms with Crippen LogP contribution in [0.1, 0.15) is 32.6 Å². The Morgan fingerprint density at radius 1 is 0.867 bits per heavy atom. The average Bonchev–Trinajstić information content (AvgIpc) is 2.80. The number of nitrogens with zero attached hydrogens (tertiary/aromatic N) is 2. The number of piperidine rings is 2. The molecule has 2 aromatic rings. The highest BCUT2D eigenvalue weighted by Gasteiger charge is 2.35. The van der Waals surface area contributed by atoms with Gasteiger partial charge in [0.05, 0.1) is 10.8 Å². The summed E-state index contributed by atoms with van der Waals surface area (Å²) in [5, 5.41) is 0. The van der Waals surface area contributed by atoms with Crippen LogP contribution >= 0.6 is 0 Å². The van der Waals surface area contributed by atoms with Gasteiger partial charge in [-0.15, -0.1) is 0 Å². The third-order valence-electron chi connectivity index (χ3n) is 6.43. The maximum absolute atomic E-state index is 13.2. The number of sulfonamides is 1. The first kappa shape index (κ1) is 21.1. The van der Waals surface area contributed by atoms with Crippen LogP contribution < -0.4 is 0 Å². The Hall–Kier alpha value is -2.18. The molecule has 6 heteroatoms. The fraction of sp³-hybridized carbons (Fsp3) is 0.458. The van der Waals surface area contributed by atoms with E-state index in [1.807, 2.05) is 47.4 Å². The Morgan fingerprint density at radius 2 is 1.50 bits per heavy atom. The van der Waals surface area contributed by atoms with E-state index in [1.165, 1.54) is 4.31 Å². The second-order valence-corrected chi connectivity index (χ2v) is 10.5. The van der Waals surface area contributed by atoms with E-state index in [9.17, 15) is 13.2 Å². The van der Waals surface area contributed by atoms with Crippen molar-refractivity contribution in [3.8, 4) is 11.1 Å². The molecule has 0 bridgehead atoms. The van der Waals surface area contributed by atoms with Gasteiger partial charge in [-0.25, -0.2) is 8.42 Å². The molecule has 1 atom stereocenters. The molecular formula is C24H30N2O3S. The number of amides is 1. The summed E-state index contributed by atoms with van der Waals surface area (Å²) in [6, 6.07) is 17.0. The van der Waals surface area contributed by atoms with Crippen LogP contribution in [0.5, 0.6) is 0 Å². The summed E-state index contributed by atoms with van der Waals surface area (Å²) in [7, 11) is -3.60. The van der Waals surface area contributed by atoms with Gasteiger partial charge in [-0.2, -0.15) is 4.31 Å². The minimum absolute atomic E-state index is 0.126. The average molecular weight is 427 g/mol. The lowest BCUT2D eigenvalue weighted by molar-refractivity contribution is -0.138. The first-order valence-corrected chi connectivity index (χ1v) is 12.3. The molecule has 160 valence electrons. The molecule has 1 amide bonds. The van der Waals surface area contributed by atoms with Gasteiger partial charge < -0.3 is 4.90 Å². The van der Waals surface area contributed by atoms with Gasteiger partial charge in [0.2, 0.25) is 15.9 Å². The highest BCUT2D eigenvalue weighted by molar-refractivity contribution is 7.89. The molecule has 0 radical (unpaired) electrons. The smallest absolute Gasteiger partial charge is 0.243 e. The van der Waals surface area contributed by atoms with Crippen LogP contribution in [0.2, 0.25) is 0 Å². The van der Waals surface area contributed by atoms with Crippen LogP contribution in [0.3, 0.4) is 0 Å². The molecule has 0 saturated carbocycles. The predicted octanol–water partition coefficient (Wildman–Crippen LogP) is 4.01. The van der Waals surface area contributed by atoms with Gasteiger partial charge in [-0.3, -0.25) is 4.79 Å². The lowest BCUT2D eigenvalue weighted by atomic mass is 9.94. The van der Waals surface area contributed by atoms with E-state index in [4.69, 9.17) is 0 Å². The van der Waals surface area contributed by atoms with Crippen molar-refractivity contribution in [2.75, 3.05) is 26.2 Å². The van der Waals surface area contributed by atoms with Gasteiger partial charge in [0.25, 0.3) is 0 Å². The zero-order valence-corrected chi connectivity index (χ0v) is 18.4. The quantitative estimate of drug-likeness (QED) is 0.742. The standard InChI is InChI=1S/C24H30N2O3S/c1-19-13-16-25(17-14-19)24(27)22-8-5-15-26(18-22)30(28,29)23-11-9-21(10-12-23)20-6-3-2-4-7-20/h2-4,6-7,9-12,19,22H,5,8,13-18H2,1H3. The molecule has 0 aliphatic carbocycles. The van der Waals surface area contributed by atoms with E-state index in [0.717, 1.165) is 49.9 Å². The van der Waals surface area contributed by atoms with Crippen molar-refractivity contribution in [1.29, 1.82) is 0 Å². The summed E-state index contributed by atoms with van der Waals surface area (Å²) in [5.74, 6) is 0.558. The van der Waals surface area contributed by atoms with Gasteiger partial charge in [0, 0.05) is 26.2 Å². The van der Waals surface area contributed by atoms with Crippen molar-refractivity contribution in [3.63, 3.8) is 0 Å². The monoisotopic (exact) mass is 426 g/mol. The van der Waals surface area contributed by atoms with Gasteiger partial charge in [-0.05, 0) is 54.9 Å². The molecule has 2 aliphatic rings. The van der Waals surface area contributed by atoms with E-state index in [0.29, 0.717) is 17.4 Å². The molecule has 2 aromatic carbocycles. The van der Waals surface area contributed by atoms with Crippen LogP contribution in [0, 0.1) is 11.8 Å². The van der Waals surface area contributed by atoms with E-state index in [2.05, 4.69) is 6.92 Å². The molecule has 2 aliphatic heterocycles. The molecule has 5 nitrogen and oxygen atoms in total. The van der Waals surface area contributed by atoms with Gasteiger partial charge in [0.15, 0.2) is 0 Å². The van der Waals surface area contributed by atoms with Crippen molar-refractivity contribution in [3.05, 3.63) is 54.6 Å². The summed E-state index contributed by atoms with van der Waals surface area (Å²) in [6.45, 7) is 4.57. The Labute approximate surface area is 179 Å². The van der Waals surface area contributed by atoms with E-state index < -0.39 is 10.0 Å². The molecule has 4 rings (SSSR count). The van der Waals surface area contributed by atoms with E-state index in [1.54, 1.807) is 12.1 Å². The Bertz CT molecular complexity index is 965. The van der Waals surface area contributed by atoms with Crippen LogP contribution in [0.25, 0.3) is 11.1 Å². The van der Waals surface area contributed by atoms with Gasteiger partial charge in [-0.1, -0.05) is 49.4 Å². The van der Waals surface area contributed by atoms with Crippen LogP contribution in [-0.2, 0) is 14.8 Å². The van der Waals surface area contributed by atoms with Crippen LogP contribution in [-0.4, -0.2) is 49.7 Å². The molecule has 2 heterocycles. The van der Waals surface area contributed by atoms with Crippen LogP contribution in [0.15, 0.2) is 59.5 Å². The largest absolute Gasteiger partial charge is 0.342 e. The molecule has 30 heavy (non-hydrogen) atoms. The number of carbonyl (C=O) groups is 1. The minimum atomic E-state index is -3.60. The Morgan fingerprint density at radius 3 is 2.17 bits per heavy atom. The lowest BCUT2D eigenvalue weighted by Crippen LogP contribution is -2.48. The molecule has 0 aromatic heterocycles. The molecular weight excluding hydrogens is 396 g/mol. The Kier molecular flexibility index (Phi) is 6.25. The molecule has 0 N–H and O–H groups in total. The SMILES string of the molecule is CC1CCN(C(=O)C2CCCN(S(=O)(=O)c3ccc(-c4ccccc4)cc3)C2)CC1. The van der Waals surface area contributed by atoms with Crippen molar-refractivity contribution in [2.45, 2.75) is 37.5 Å². The van der Waals surface area contributed by atoms with E-state index >= 15 is 0 Å². The molecule has 0 spiro atoms. The highest BCUT2D eigenvalue weighted by Crippen LogP contribution is 2.28. The lowest BCUT2D eigenvalue weighted by Gasteiger charge is -2.36. The summed E-state index contributed by atoms with van der Waals surface area (Å²) in [5.41, 5.74) is 2.04. The number of hydrogen-bond acceptors (Lipinski definition) is 3. The summed E-state index contributed by atoms with van der Waals surface area (Å²) >= 11 is 0. The summed E-state index contributed by atoms with van der Waals surface area (Å²) in [4.78, 5) is 15.2. The summed E-state index contributed by atoms with van der Waals surface area (Å²) < 4.78 is 28.0. The number of hydrogen-bond donors (Lipinski definition) is 0. The fourth-order valence-corrected chi connectivity index (χ4v) is 5.97. The molecule has 1 unspecified atom stereocenters. The van der Waals surface area contributed by atoms with Gasteiger partial charge in [0.1, 0.15) is 0 Å². The normalized spacial score (nSPS) is 21.5. The third kappa shape index (κ3) is 4.44. The Balaban J connectivity index is 1.46. The second-order valence-electron chi connectivity index (χ2n) is 8.60. The number of benzene rings is 2. The predicted molar refractivity (Wildman–Crippen MR) is 118 cm³/mol. The van der Waals surface area contributed by atoms with Crippen molar-refractivity contribution in [2.24, 2.45) is 11.8 Å². The van der Waals surface area contributed by atoms with Crippen molar-refractivity contribution < 1.29 is 13.2 Å². The van der Waals surface area contributed by atoms with Gasteiger partial charge >= 0.3 is 0 Å². The van der Waals surface area contributed by atoms with E-state index in [-0.39, 0.29) is 18.4 Å². The third-order valence-corrected chi connectivity index (χ3v) is 8.31. The zero-order valence-electron chi connectivity index (χ0n) is 17.5. The number of carbonyl (C=O) groups excluding carboxylic acids is 1. The highest BCUT2D eigenvalue weighted by atomic mass is 32.2. The number of rotatable bonds is 4. The first-order chi connectivity index (χ1) is 14.4. The fourth-order valence-electron chi connectivity index (χ4n) is 4.45. The topological polar surface area (TPSA) is 57.7 Å². The first-order valence-electron chi connectivity index (χ1n) is 10.9. The van der Waals surface area contributed by atoms with Crippen LogP contribution in [0.4, 0.5) is 0 Å². The van der Waals surface area contributed by atoms with Crippen molar-refractivity contribution in [1.82, 2.24) is 9.21 Å². The van der Waals surface area contributed by atoms with Crippen molar-refractivity contribution >= 4 is 15.9 Å². The second kappa shape index (κ2) is 8.90. The summed E-state index contributed by atoms with van der Waals surface area (Å²) in [6.07, 6.45) is 3.56.